The number of nitrogens with zero attached hydrogens (tertiary/aromatic N) is 1. The minimum absolute atomic E-state index is 0.872. The van der Waals surface area contributed by atoms with Crippen molar-refractivity contribution < 1.29 is 14.6 Å². The van der Waals surface area contributed by atoms with Crippen LogP contribution in [0.5, 0.6) is 0 Å². The molecule has 0 fully saturated rings. The van der Waals surface area contributed by atoms with Gasteiger partial charge < -0.3 is 9.84 Å². The van der Waals surface area contributed by atoms with E-state index in [1.807, 2.05) is 0 Å². The monoisotopic (exact) mass is 253 g/mol. The van der Waals surface area contributed by atoms with Gasteiger partial charge in [0.1, 0.15) is 6.11 Å². The summed E-state index contributed by atoms with van der Waals surface area (Å²) in [5.74, 6) is -2.29. The van der Waals surface area contributed by atoms with E-state index in [1.54, 1.807) is 0 Å². The van der Waals surface area contributed by atoms with Crippen LogP contribution in [-0.4, -0.2) is 14.9 Å². The number of ether oxygens (including phenoxy) is 1. The lowest BCUT2D eigenvalue weighted by molar-refractivity contribution is -0.132. The van der Waals surface area contributed by atoms with Crippen molar-refractivity contribution in [3.8, 4) is 12.5 Å². The lowest BCUT2D eigenvalue weighted by Gasteiger charge is -2.10. The van der Waals surface area contributed by atoms with Gasteiger partial charge in [-0.15, -0.1) is 0 Å². The predicted octanol–water partition coefficient (Wildman–Crippen LogP) is 2.18. The molecule has 0 amide bonds. The number of carbonyl (C=O) groups excluding carboxylic acids is 1. The van der Waals surface area contributed by atoms with Gasteiger partial charge in [-0.1, -0.05) is 41.2 Å². The number of hydrogen-bond donors (Lipinski definition) is 1. The van der Waals surface area contributed by atoms with Crippen molar-refractivity contribution in [3.05, 3.63) is 22.9 Å². The van der Waals surface area contributed by atoms with Crippen molar-refractivity contribution in [2.24, 2.45) is 0 Å². The number of aliphatic hydroxyl groups is 1. The molecule has 0 radical (unpaired) electrons. The number of rotatable bonds is 1. The maximum atomic E-state index is 10.9. The van der Waals surface area contributed by atoms with Gasteiger partial charge in [-0.2, -0.15) is 0 Å². The first-order chi connectivity index (χ1) is 6.34. The molecule has 0 bridgehead atoms. The highest BCUT2D eigenvalue weighted by Crippen LogP contribution is 2.35. The minimum atomic E-state index is -2.27. The molecule has 14 heavy (non-hydrogen) atoms. The number of carbonyl (C=O) groups is 1. The van der Waals surface area contributed by atoms with E-state index >= 15 is 0 Å². The van der Waals surface area contributed by atoms with Gasteiger partial charge in [-0.05, 0) is 0 Å². The molecule has 0 aliphatic heterocycles. The molecule has 74 valence electrons. The van der Waals surface area contributed by atoms with E-state index in [0.29, 0.717) is 0 Å². The Kier molecular flexibility index (Phi) is 4.59. The van der Waals surface area contributed by atoms with Gasteiger partial charge >= 0.3 is 11.7 Å². The summed E-state index contributed by atoms with van der Waals surface area (Å²) in [6.07, 6.45) is 6.15. The Hall–Kier alpha value is -1.07. The molecule has 0 aliphatic rings. The molecule has 0 rings (SSSR count). The van der Waals surface area contributed by atoms with Crippen LogP contribution in [0.2, 0.25) is 0 Å². The molecule has 7 heteroatoms. The van der Waals surface area contributed by atoms with Crippen LogP contribution in [0.3, 0.4) is 0 Å². The average Bonchev–Trinajstić information content (AvgIpc) is 2.04. The van der Waals surface area contributed by atoms with Gasteiger partial charge in [-0.25, -0.2) is 4.85 Å². The number of esters is 1. The predicted molar refractivity (Wildman–Crippen MR) is 51.5 cm³/mol. The Morgan fingerprint density at radius 3 is 2.36 bits per heavy atom. The lowest BCUT2D eigenvalue weighted by atomic mass is 10.4. The molecule has 4 nitrogen and oxygen atoms in total. The highest BCUT2D eigenvalue weighted by Gasteiger charge is 2.32. The van der Waals surface area contributed by atoms with Gasteiger partial charge in [0, 0.05) is 0 Å². The first kappa shape index (κ1) is 12.9. The molecule has 0 aliphatic carbocycles. The van der Waals surface area contributed by atoms with Crippen LogP contribution in [0, 0.1) is 19.1 Å². The Bertz CT molecular complexity index is 356. The highest BCUT2D eigenvalue weighted by molar-refractivity contribution is 6.69. The average molecular weight is 254 g/mol. The van der Waals surface area contributed by atoms with Gasteiger partial charge in [0.2, 0.25) is 3.79 Å². The normalized spacial score (nSPS) is 12.1. The molecule has 1 N–H and O–H groups in total. The van der Waals surface area contributed by atoms with Crippen molar-refractivity contribution in [1.82, 2.24) is 0 Å². The number of allylic oxidation sites excluding steroid dienone is 1. The summed E-state index contributed by atoms with van der Waals surface area (Å²) >= 11 is 15.7. The Morgan fingerprint density at radius 1 is 1.57 bits per heavy atom. The summed E-state index contributed by atoms with van der Waals surface area (Å²) in [7, 11) is 0. The quantitative estimate of drug-likeness (QED) is 0.195. The van der Waals surface area contributed by atoms with Crippen molar-refractivity contribution >= 4 is 40.8 Å². The SMILES string of the molecule is [C-]#[N+]/C(C(=O)OC#C)=C(/O)C(Cl)(Cl)Cl. The third kappa shape index (κ3) is 3.35. The fourth-order valence-electron chi connectivity index (χ4n) is 0.431. The van der Waals surface area contributed by atoms with Crippen molar-refractivity contribution in [3.63, 3.8) is 0 Å². The Morgan fingerprint density at radius 2 is 2.07 bits per heavy atom. The third-order valence-electron chi connectivity index (χ3n) is 0.950. The minimum Gasteiger partial charge on any atom is -0.519 e. The summed E-state index contributed by atoms with van der Waals surface area (Å²) in [5, 5.41) is 9.14. The molecule has 0 saturated heterocycles. The number of alkyl halides is 3. The summed E-state index contributed by atoms with van der Waals surface area (Å²) in [4.78, 5) is 13.5. The molecule has 0 aromatic carbocycles. The lowest BCUT2D eigenvalue weighted by Crippen LogP contribution is -2.14. The summed E-state index contributed by atoms with van der Waals surface area (Å²) in [6.45, 7) is 6.54. The van der Waals surface area contributed by atoms with E-state index in [4.69, 9.17) is 46.5 Å². The fraction of sp³-hybridized carbons (Fsp3) is 0.143. The first-order valence-electron chi connectivity index (χ1n) is 2.89. The Labute approximate surface area is 94.8 Å². The van der Waals surface area contributed by atoms with Crippen LogP contribution in [0.15, 0.2) is 11.5 Å². The van der Waals surface area contributed by atoms with Gasteiger partial charge in [0.15, 0.2) is 5.76 Å². The zero-order chi connectivity index (χ0) is 11.4. The van der Waals surface area contributed by atoms with Crippen molar-refractivity contribution in [2.75, 3.05) is 0 Å². The van der Waals surface area contributed by atoms with Crippen LogP contribution in [-0.2, 0) is 9.53 Å². The van der Waals surface area contributed by atoms with Gasteiger partial charge in [0.25, 0.3) is 0 Å². The van der Waals surface area contributed by atoms with Crippen LogP contribution >= 0.6 is 34.8 Å². The highest BCUT2D eigenvalue weighted by atomic mass is 35.6. The van der Waals surface area contributed by atoms with Gasteiger partial charge in [0.05, 0.1) is 6.57 Å². The van der Waals surface area contributed by atoms with Gasteiger partial charge in [-0.3, -0.25) is 4.79 Å². The summed E-state index contributed by atoms with van der Waals surface area (Å²) < 4.78 is 1.72. The van der Waals surface area contributed by atoms with E-state index < -0.39 is 21.2 Å². The first-order valence-corrected chi connectivity index (χ1v) is 4.02. The maximum absolute atomic E-state index is 10.9. The molecule has 0 aromatic rings. The second kappa shape index (κ2) is 4.97. The number of hydrogen-bond acceptors (Lipinski definition) is 3. The number of aliphatic hydroxyl groups excluding tert-OH is 1. The van der Waals surface area contributed by atoms with Crippen molar-refractivity contribution in [2.45, 2.75) is 3.79 Å². The largest absolute Gasteiger partial charge is 0.519 e. The molecule has 0 atom stereocenters. The molecular weight excluding hydrogens is 252 g/mol. The molecule has 0 spiro atoms. The zero-order valence-electron chi connectivity index (χ0n) is 6.42. The fourth-order valence-corrected chi connectivity index (χ4v) is 0.700. The second-order valence-electron chi connectivity index (χ2n) is 1.81. The second-order valence-corrected chi connectivity index (χ2v) is 4.10. The van der Waals surface area contributed by atoms with E-state index in [1.165, 1.54) is 6.11 Å². The van der Waals surface area contributed by atoms with Crippen LogP contribution in [0.4, 0.5) is 0 Å². The van der Waals surface area contributed by atoms with E-state index in [0.717, 1.165) is 0 Å². The molecular formula is C7H2Cl3NO3. The summed E-state index contributed by atoms with van der Waals surface area (Å²) in [5.41, 5.74) is -0.872. The number of halogens is 3. The van der Waals surface area contributed by atoms with E-state index in [9.17, 15) is 4.79 Å². The maximum Gasteiger partial charge on any atom is 0.354 e. The standard InChI is InChI=1S/C7H2Cl3NO3/c1-3-14-6(13)4(11-2)5(12)7(8,9)10/h1,12H/b5-4+. The summed E-state index contributed by atoms with van der Waals surface area (Å²) in [6, 6.07) is 0. The molecule has 0 unspecified atom stereocenters. The third-order valence-corrected chi connectivity index (χ3v) is 1.49. The smallest absolute Gasteiger partial charge is 0.354 e. The molecule has 0 aromatic heterocycles. The molecule has 0 heterocycles. The van der Waals surface area contributed by atoms with Crippen LogP contribution in [0.1, 0.15) is 0 Å². The zero-order valence-corrected chi connectivity index (χ0v) is 8.69. The Balaban J connectivity index is 5.20. The van der Waals surface area contributed by atoms with Crippen LogP contribution < -0.4 is 0 Å². The molecule has 0 saturated carbocycles. The van der Waals surface area contributed by atoms with Crippen LogP contribution in [0.25, 0.3) is 4.85 Å². The van der Waals surface area contributed by atoms with E-state index in [2.05, 4.69) is 16.0 Å². The van der Waals surface area contributed by atoms with E-state index in [-0.39, 0.29) is 0 Å². The number of terminal acetylenes is 1. The van der Waals surface area contributed by atoms with Crippen molar-refractivity contribution in [1.29, 1.82) is 0 Å². The topological polar surface area (TPSA) is 50.9 Å².